The van der Waals surface area contributed by atoms with E-state index in [1.165, 1.54) is 24.3 Å². The average molecular weight is 355 g/mol. The highest BCUT2D eigenvalue weighted by Crippen LogP contribution is 2.28. The molecular weight excluding hydrogens is 342 g/mol. The van der Waals surface area contributed by atoms with E-state index in [-0.39, 0.29) is 5.56 Å². The quantitative estimate of drug-likeness (QED) is 0.906. The van der Waals surface area contributed by atoms with Gasteiger partial charge in [0.25, 0.3) is 5.91 Å². The number of aromatic nitrogens is 1. The van der Waals surface area contributed by atoms with Gasteiger partial charge in [0, 0.05) is 16.2 Å². The summed E-state index contributed by atoms with van der Waals surface area (Å²) in [6, 6.07) is 9.79. The van der Waals surface area contributed by atoms with Gasteiger partial charge in [-0.1, -0.05) is 30.3 Å². The van der Waals surface area contributed by atoms with Crippen molar-refractivity contribution in [3.05, 3.63) is 64.4 Å². The van der Waals surface area contributed by atoms with E-state index in [1.54, 1.807) is 31.3 Å². The first-order chi connectivity index (χ1) is 9.91. The number of benzene rings is 1. The van der Waals surface area contributed by atoms with Crippen molar-refractivity contribution >= 4 is 21.8 Å². The maximum absolute atomic E-state index is 14.0. The fourth-order valence-corrected chi connectivity index (χ4v) is 2.02. The van der Waals surface area contributed by atoms with E-state index >= 15 is 0 Å². The molecule has 0 bridgehead atoms. The smallest absolute Gasteiger partial charge is 0.342 e. The zero-order valence-electron chi connectivity index (χ0n) is 11.2. The van der Waals surface area contributed by atoms with E-state index in [2.05, 4.69) is 26.2 Å². The molecule has 21 heavy (non-hydrogen) atoms. The molecule has 1 heterocycles. The van der Waals surface area contributed by atoms with Gasteiger partial charge in [-0.3, -0.25) is 9.78 Å². The Balaban J connectivity index is 2.12. The lowest BCUT2D eigenvalue weighted by Crippen LogP contribution is -2.39. The zero-order valence-corrected chi connectivity index (χ0v) is 12.8. The molecule has 0 aliphatic heterocycles. The van der Waals surface area contributed by atoms with Crippen LogP contribution in [0.5, 0.6) is 0 Å². The molecule has 110 valence electrons. The van der Waals surface area contributed by atoms with Crippen molar-refractivity contribution in [1.82, 2.24) is 10.3 Å². The molecule has 0 aliphatic carbocycles. The van der Waals surface area contributed by atoms with Gasteiger partial charge < -0.3 is 5.32 Å². The van der Waals surface area contributed by atoms with Gasteiger partial charge >= 0.3 is 5.92 Å². The Hall–Kier alpha value is -1.82. The van der Waals surface area contributed by atoms with Gasteiger partial charge in [0.05, 0.1) is 11.7 Å². The fraction of sp³-hybridized carbons (Fsp3) is 0.200. The number of nitrogens with zero attached hydrogens (tertiary/aromatic N) is 1. The van der Waals surface area contributed by atoms with Crippen molar-refractivity contribution in [1.29, 1.82) is 0 Å². The summed E-state index contributed by atoms with van der Waals surface area (Å²) in [6.07, 6.45) is 1.55. The summed E-state index contributed by atoms with van der Waals surface area (Å²) in [5.74, 6) is -4.92. The molecule has 0 fully saturated rings. The van der Waals surface area contributed by atoms with Gasteiger partial charge in [0.2, 0.25) is 0 Å². The van der Waals surface area contributed by atoms with Gasteiger partial charge in [0.15, 0.2) is 0 Å². The third kappa shape index (κ3) is 3.64. The van der Waals surface area contributed by atoms with Crippen molar-refractivity contribution < 1.29 is 13.6 Å². The summed E-state index contributed by atoms with van der Waals surface area (Å²) in [5.41, 5.74) is 0.175. The lowest BCUT2D eigenvalue weighted by molar-refractivity contribution is -0.147. The molecule has 1 amide bonds. The summed E-state index contributed by atoms with van der Waals surface area (Å²) in [6.45, 7) is 1.61. The number of halogens is 3. The lowest BCUT2D eigenvalue weighted by atomic mass is 10.1. The van der Waals surface area contributed by atoms with Crippen LogP contribution in [0.1, 0.15) is 24.2 Å². The molecule has 0 saturated heterocycles. The SMILES string of the molecule is CC(NC(=O)C(F)(F)c1ccccc1)c1ccc(Br)cn1. The largest absolute Gasteiger partial charge is 0.349 e. The number of carbonyl (C=O) groups excluding carboxylic acids is 1. The normalized spacial score (nSPS) is 12.8. The number of hydrogen-bond donors (Lipinski definition) is 1. The number of hydrogen-bond acceptors (Lipinski definition) is 2. The number of nitrogens with one attached hydrogen (secondary N) is 1. The molecule has 0 saturated carbocycles. The van der Waals surface area contributed by atoms with Crippen molar-refractivity contribution in [2.24, 2.45) is 0 Å². The third-order valence-electron chi connectivity index (χ3n) is 2.96. The molecule has 0 spiro atoms. The number of pyridine rings is 1. The highest BCUT2D eigenvalue weighted by molar-refractivity contribution is 9.10. The number of amides is 1. The van der Waals surface area contributed by atoms with Crippen molar-refractivity contribution in [2.45, 2.75) is 18.9 Å². The fourth-order valence-electron chi connectivity index (χ4n) is 1.78. The minimum absolute atomic E-state index is 0.335. The first kappa shape index (κ1) is 15.6. The van der Waals surface area contributed by atoms with Gasteiger partial charge in [-0.05, 0) is 35.0 Å². The Labute approximate surface area is 129 Å². The summed E-state index contributed by atoms with van der Waals surface area (Å²) >= 11 is 3.24. The lowest BCUT2D eigenvalue weighted by Gasteiger charge is -2.19. The number of rotatable bonds is 4. The first-order valence-electron chi connectivity index (χ1n) is 6.27. The number of carbonyl (C=O) groups is 1. The molecule has 1 atom stereocenters. The Morgan fingerprint density at radius 1 is 1.24 bits per heavy atom. The highest BCUT2D eigenvalue weighted by atomic mass is 79.9. The van der Waals surface area contributed by atoms with Crippen LogP contribution in [0.4, 0.5) is 8.78 Å². The van der Waals surface area contributed by atoms with Crippen LogP contribution in [0.25, 0.3) is 0 Å². The minimum Gasteiger partial charge on any atom is -0.342 e. The van der Waals surface area contributed by atoms with Crippen LogP contribution in [0.2, 0.25) is 0 Å². The summed E-state index contributed by atoms with van der Waals surface area (Å²) in [7, 11) is 0. The Kier molecular flexibility index (Phi) is 4.67. The van der Waals surface area contributed by atoms with Gasteiger partial charge in [-0.2, -0.15) is 8.78 Å². The van der Waals surface area contributed by atoms with Crippen LogP contribution >= 0.6 is 15.9 Å². The number of alkyl halides is 2. The van der Waals surface area contributed by atoms with Crippen LogP contribution in [0.3, 0.4) is 0 Å². The zero-order chi connectivity index (χ0) is 15.5. The maximum Gasteiger partial charge on any atom is 0.349 e. The molecular formula is C15H13BrF2N2O. The van der Waals surface area contributed by atoms with Crippen LogP contribution < -0.4 is 5.32 Å². The average Bonchev–Trinajstić information content (AvgIpc) is 2.48. The molecule has 1 aromatic heterocycles. The molecule has 2 rings (SSSR count). The van der Waals surface area contributed by atoms with Crippen LogP contribution in [-0.4, -0.2) is 10.9 Å². The summed E-state index contributed by atoms with van der Waals surface area (Å²) in [5, 5.41) is 2.29. The standard InChI is InChI=1S/C15H13BrF2N2O/c1-10(13-8-7-12(16)9-19-13)20-14(21)15(17,18)11-5-3-2-4-6-11/h2-10H,1H3,(H,20,21). The van der Waals surface area contributed by atoms with Gasteiger partial charge in [-0.25, -0.2) is 0 Å². The van der Waals surface area contributed by atoms with Crippen molar-refractivity contribution in [3.8, 4) is 0 Å². The maximum atomic E-state index is 14.0. The monoisotopic (exact) mass is 354 g/mol. The summed E-state index contributed by atoms with van der Waals surface area (Å²) < 4.78 is 28.9. The topological polar surface area (TPSA) is 42.0 Å². The third-order valence-corrected chi connectivity index (χ3v) is 3.43. The second-order valence-corrected chi connectivity index (χ2v) is 5.45. The Morgan fingerprint density at radius 2 is 1.90 bits per heavy atom. The molecule has 0 radical (unpaired) electrons. The second kappa shape index (κ2) is 6.30. The van der Waals surface area contributed by atoms with Gasteiger partial charge in [-0.15, -0.1) is 0 Å². The van der Waals surface area contributed by atoms with E-state index in [9.17, 15) is 13.6 Å². The summed E-state index contributed by atoms with van der Waals surface area (Å²) in [4.78, 5) is 15.9. The predicted octanol–water partition coefficient (Wildman–Crippen LogP) is 3.81. The van der Waals surface area contributed by atoms with E-state index in [1.807, 2.05) is 0 Å². The van der Waals surface area contributed by atoms with Crippen LogP contribution in [0.15, 0.2) is 53.1 Å². The second-order valence-electron chi connectivity index (χ2n) is 4.54. The van der Waals surface area contributed by atoms with Crippen LogP contribution in [0, 0.1) is 0 Å². The minimum atomic E-state index is -3.58. The van der Waals surface area contributed by atoms with Crippen LogP contribution in [-0.2, 0) is 10.7 Å². The van der Waals surface area contributed by atoms with E-state index < -0.39 is 17.9 Å². The molecule has 1 N–H and O–H groups in total. The van der Waals surface area contributed by atoms with Gasteiger partial charge in [0.1, 0.15) is 0 Å². The van der Waals surface area contributed by atoms with Crippen molar-refractivity contribution in [3.63, 3.8) is 0 Å². The van der Waals surface area contributed by atoms with E-state index in [0.717, 1.165) is 4.47 Å². The highest BCUT2D eigenvalue weighted by Gasteiger charge is 2.41. The van der Waals surface area contributed by atoms with Crippen molar-refractivity contribution in [2.75, 3.05) is 0 Å². The predicted molar refractivity (Wildman–Crippen MR) is 78.8 cm³/mol. The first-order valence-corrected chi connectivity index (χ1v) is 7.06. The molecule has 3 nitrogen and oxygen atoms in total. The van der Waals surface area contributed by atoms with E-state index in [4.69, 9.17) is 0 Å². The molecule has 1 unspecified atom stereocenters. The molecule has 6 heteroatoms. The molecule has 0 aliphatic rings. The van der Waals surface area contributed by atoms with E-state index in [0.29, 0.717) is 5.69 Å². The molecule has 2 aromatic rings. The molecule has 1 aromatic carbocycles. The Morgan fingerprint density at radius 3 is 2.48 bits per heavy atom. The Bertz CT molecular complexity index is 617.